The molecule has 3 heterocycles. The van der Waals surface area contributed by atoms with E-state index in [4.69, 9.17) is 19.9 Å². The Labute approximate surface area is 260 Å². The van der Waals surface area contributed by atoms with E-state index in [1.165, 1.54) is 17.0 Å². The monoisotopic (exact) mass is 633 g/mol. The van der Waals surface area contributed by atoms with Crippen LogP contribution in [0.1, 0.15) is 39.5 Å². The maximum absolute atomic E-state index is 12.4. The number of fused-ring (bicyclic) bond motifs is 1. The number of hydrogen-bond acceptors (Lipinski definition) is 7. The van der Waals surface area contributed by atoms with Crippen LogP contribution in [0.5, 0.6) is 0 Å². The Balaban J connectivity index is 0.00000141. The average molecular weight is 634 g/mol. The van der Waals surface area contributed by atoms with Gasteiger partial charge in [0.2, 0.25) is 0 Å². The number of hydrogen-bond donors (Lipinski definition) is 3. The van der Waals surface area contributed by atoms with E-state index < -0.39 is 16.1 Å². The lowest BCUT2D eigenvalue weighted by molar-refractivity contribution is -0.122. The summed E-state index contributed by atoms with van der Waals surface area (Å²) in [4.78, 5) is 31.9. The van der Waals surface area contributed by atoms with Gasteiger partial charge in [-0.3, -0.25) is 9.36 Å². The van der Waals surface area contributed by atoms with Gasteiger partial charge in [-0.05, 0) is 92.9 Å². The highest BCUT2D eigenvalue weighted by molar-refractivity contribution is 7.90. The number of nitrogens with one attached hydrogen (secondary N) is 2. The minimum Gasteiger partial charge on any atom is -0.483 e. The van der Waals surface area contributed by atoms with Crippen molar-refractivity contribution >= 4 is 45.0 Å². The Morgan fingerprint density at radius 1 is 0.977 bits per heavy atom. The minimum atomic E-state index is -3.93. The molecule has 2 aromatic carbocycles. The number of pyridine rings is 1. The number of nitrogens with zero attached hydrogens (tertiary/aromatic N) is 3. The smallest absolute Gasteiger partial charge is 0.328 e. The van der Waals surface area contributed by atoms with E-state index in [0.717, 1.165) is 64.3 Å². The molecule has 0 aliphatic rings. The summed E-state index contributed by atoms with van der Waals surface area (Å²) < 4.78 is 29.1. The number of amides is 2. The van der Waals surface area contributed by atoms with Crippen LogP contribution >= 0.6 is 11.3 Å². The summed E-state index contributed by atoms with van der Waals surface area (Å²) in [5, 5.41) is 11.6. The molecule has 0 spiro atoms. The molecule has 5 aromatic rings. The number of carbonyl (C=O) groups is 2. The fourth-order valence-electron chi connectivity index (χ4n) is 4.79. The van der Waals surface area contributed by atoms with Gasteiger partial charge in [0.1, 0.15) is 11.3 Å². The first-order valence-corrected chi connectivity index (χ1v) is 16.4. The first kappa shape index (κ1) is 32.4. The van der Waals surface area contributed by atoms with Crippen LogP contribution in [0.4, 0.5) is 4.79 Å². The van der Waals surface area contributed by atoms with E-state index in [1.807, 2.05) is 38.1 Å². The maximum Gasteiger partial charge on any atom is 0.328 e. The molecule has 0 fully saturated rings. The Morgan fingerprint density at radius 2 is 1.68 bits per heavy atom. The first-order chi connectivity index (χ1) is 21.1. The predicted octanol–water partition coefficient (Wildman–Crippen LogP) is 5.51. The fraction of sp³-hybridized carbons (Fsp3) is 0.250. The van der Waals surface area contributed by atoms with Crippen molar-refractivity contribution in [1.29, 1.82) is 0 Å². The zero-order valence-electron chi connectivity index (χ0n) is 24.8. The summed E-state index contributed by atoms with van der Waals surface area (Å²) in [7, 11) is -3.93. The van der Waals surface area contributed by atoms with Gasteiger partial charge in [0.15, 0.2) is 5.65 Å². The number of aromatic nitrogens is 3. The molecule has 10 nitrogen and oxygen atoms in total. The third-order valence-electron chi connectivity index (χ3n) is 6.86. The van der Waals surface area contributed by atoms with E-state index in [9.17, 15) is 13.2 Å². The highest BCUT2D eigenvalue weighted by Crippen LogP contribution is 2.25. The van der Waals surface area contributed by atoms with Crippen molar-refractivity contribution in [2.45, 2.75) is 51.3 Å². The van der Waals surface area contributed by atoms with Crippen molar-refractivity contribution < 1.29 is 23.1 Å². The van der Waals surface area contributed by atoms with Crippen LogP contribution in [0, 0.1) is 20.8 Å². The van der Waals surface area contributed by atoms with Crippen LogP contribution in [0.2, 0.25) is 0 Å². The van der Waals surface area contributed by atoms with E-state index in [1.54, 1.807) is 23.5 Å². The number of urea groups is 1. The topological polar surface area (TPSA) is 143 Å². The van der Waals surface area contributed by atoms with Crippen molar-refractivity contribution in [3.63, 3.8) is 0 Å². The number of benzene rings is 2. The third kappa shape index (κ3) is 8.29. The summed E-state index contributed by atoms with van der Waals surface area (Å²) in [6, 6.07) is 20.0. The molecule has 0 unspecified atom stereocenters. The summed E-state index contributed by atoms with van der Waals surface area (Å²) in [6.07, 6.45) is 3.39. The molecule has 0 saturated carbocycles. The van der Waals surface area contributed by atoms with Crippen molar-refractivity contribution in [1.82, 2.24) is 24.6 Å². The molecule has 44 heavy (non-hydrogen) atoms. The Kier molecular flexibility index (Phi) is 10.9. The lowest BCUT2D eigenvalue weighted by Gasteiger charge is -2.11. The molecule has 5 rings (SSSR count). The van der Waals surface area contributed by atoms with Gasteiger partial charge in [0, 0.05) is 29.2 Å². The summed E-state index contributed by atoms with van der Waals surface area (Å²) >= 11 is 1.78. The van der Waals surface area contributed by atoms with Gasteiger partial charge in [0.25, 0.3) is 16.5 Å². The van der Waals surface area contributed by atoms with Gasteiger partial charge >= 0.3 is 6.03 Å². The van der Waals surface area contributed by atoms with Gasteiger partial charge in [-0.1, -0.05) is 35.9 Å². The Bertz CT molecular complexity index is 1820. The second-order valence-corrected chi connectivity index (χ2v) is 13.0. The normalized spacial score (nSPS) is 11.1. The SMILES string of the molecule is Cc1ccc(S(=O)(=O)NC(=O)NCCc2ccc(-n3c(CCCc4cccs4)nc4c(C)cc(C)nc43)cc2)cc1.O=CO. The third-order valence-corrected chi connectivity index (χ3v) is 9.14. The van der Waals surface area contributed by atoms with Crippen molar-refractivity contribution in [3.05, 3.63) is 105 Å². The van der Waals surface area contributed by atoms with Crippen LogP contribution in [-0.4, -0.2) is 47.1 Å². The van der Waals surface area contributed by atoms with Crippen LogP contribution in [0.3, 0.4) is 0 Å². The molecule has 0 bridgehead atoms. The number of imidazole rings is 1. The van der Waals surface area contributed by atoms with E-state index in [2.05, 4.69) is 45.1 Å². The second kappa shape index (κ2) is 14.8. The zero-order valence-corrected chi connectivity index (χ0v) is 26.4. The van der Waals surface area contributed by atoms with Gasteiger partial charge < -0.3 is 10.4 Å². The van der Waals surface area contributed by atoms with Crippen molar-refractivity contribution in [3.8, 4) is 5.69 Å². The minimum absolute atomic E-state index is 0.0478. The van der Waals surface area contributed by atoms with Crippen LogP contribution in [0.15, 0.2) is 77.0 Å². The average Bonchev–Trinajstić information content (AvgIpc) is 3.62. The summed E-state index contributed by atoms with van der Waals surface area (Å²) in [5.41, 5.74) is 6.76. The van der Waals surface area contributed by atoms with Gasteiger partial charge in [0.05, 0.1) is 4.90 Å². The quantitative estimate of drug-likeness (QED) is 0.172. The van der Waals surface area contributed by atoms with Crippen molar-refractivity contribution in [2.24, 2.45) is 0 Å². The molecule has 12 heteroatoms. The lowest BCUT2D eigenvalue weighted by atomic mass is 10.1. The standard InChI is InChI=1S/C31H33N5O3S2.CH2O2/c1-21-9-15-27(16-10-21)41(38,39)35-31(37)32-18-17-24-11-13-25(14-12-24)36-28(8-4-6-26-7-5-19-40-26)34-29-22(2)20-23(3)33-30(29)36;2-1-3/h5,7,9-16,19-20H,4,6,8,17-18H2,1-3H3,(H2,32,35,37);1H,(H,2,3). The predicted molar refractivity (Wildman–Crippen MR) is 172 cm³/mol. The molecule has 0 radical (unpaired) electrons. The molecule has 0 aliphatic heterocycles. The summed E-state index contributed by atoms with van der Waals surface area (Å²) in [6.45, 7) is 5.98. The maximum atomic E-state index is 12.4. The van der Waals surface area contributed by atoms with Crippen molar-refractivity contribution in [2.75, 3.05) is 6.54 Å². The number of carbonyl (C=O) groups excluding carboxylic acids is 1. The molecule has 230 valence electrons. The number of rotatable bonds is 10. The van der Waals surface area contributed by atoms with Crippen LogP contribution in [-0.2, 0) is 34.1 Å². The number of sulfonamides is 1. The molecular formula is C32H35N5O5S2. The highest BCUT2D eigenvalue weighted by Gasteiger charge is 2.18. The van der Waals surface area contributed by atoms with Crippen LogP contribution < -0.4 is 10.0 Å². The lowest BCUT2D eigenvalue weighted by Crippen LogP contribution is -2.40. The number of thiophene rings is 1. The zero-order chi connectivity index (χ0) is 31.7. The van der Waals surface area contributed by atoms with E-state index in [-0.39, 0.29) is 17.9 Å². The molecule has 0 saturated heterocycles. The molecule has 0 atom stereocenters. The van der Waals surface area contributed by atoms with E-state index in [0.29, 0.717) is 6.42 Å². The first-order valence-electron chi connectivity index (χ1n) is 14.0. The van der Waals surface area contributed by atoms with Gasteiger partial charge in [-0.25, -0.2) is 27.9 Å². The fourth-order valence-corrected chi connectivity index (χ4v) is 6.47. The van der Waals surface area contributed by atoms with Gasteiger partial charge in [-0.15, -0.1) is 11.3 Å². The molecule has 3 N–H and O–H groups in total. The number of carboxylic acid groups (broad SMARTS) is 1. The largest absolute Gasteiger partial charge is 0.483 e. The molecule has 0 aliphatic carbocycles. The second-order valence-electron chi connectivity index (χ2n) is 10.2. The number of aryl methyl sites for hydroxylation is 5. The molecule has 2 amide bonds. The Morgan fingerprint density at radius 3 is 2.34 bits per heavy atom. The molecule has 3 aromatic heterocycles. The van der Waals surface area contributed by atoms with Crippen LogP contribution in [0.25, 0.3) is 16.9 Å². The van der Waals surface area contributed by atoms with Gasteiger partial charge in [-0.2, -0.15) is 0 Å². The highest BCUT2D eigenvalue weighted by atomic mass is 32.2. The Hall–Kier alpha value is -4.55. The molecular weight excluding hydrogens is 599 g/mol. The van der Waals surface area contributed by atoms with E-state index >= 15 is 0 Å². The summed E-state index contributed by atoms with van der Waals surface area (Å²) in [5.74, 6) is 0.985.